The fourth-order valence-electron chi connectivity index (χ4n) is 10.6. The maximum absolute atomic E-state index is 4.14. The van der Waals surface area contributed by atoms with Crippen LogP contribution in [-0.4, -0.2) is 6.88 Å². The van der Waals surface area contributed by atoms with Gasteiger partial charge in [-0.3, -0.25) is 0 Å². The van der Waals surface area contributed by atoms with E-state index >= 15 is 0 Å². The Bertz CT molecular complexity index is 2440. The average Bonchev–Trinajstić information content (AvgIpc) is 3.81. The van der Waals surface area contributed by atoms with Crippen molar-refractivity contribution in [2.45, 2.75) is 96.6 Å². The zero-order chi connectivity index (χ0) is 40.8. The van der Waals surface area contributed by atoms with Crippen LogP contribution in [-0.2, 0) is 17.4 Å². The van der Waals surface area contributed by atoms with E-state index in [1.807, 2.05) is 0 Å². The second-order valence-corrected chi connectivity index (χ2v) is 49.4. The van der Waals surface area contributed by atoms with E-state index in [0.29, 0.717) is 7.25 Å². The number of fused-ring (bicyclic) bond motifs is 2. The van der Waals surface area contributed by atoms with Gasteiger partial charge in [-0.1, -0.05) is 0 Å². The first-order chi connectivity index (χ1) is 27.9. The Kier molecular flexibility index (Phi) is 14.1. The molecule has 4 heteroatoms. The van der Waals surface area contributed by atoms with Gasteiger partial charge in [-0.2, -0.15) is 0 Å². The molecular weight excluding hydrogens is 863 g/mol. The van der Waals surface area contributed by atoms with Crippen LogP contribution in [0.5, 0.6) is 0 Å². The van der Waals surface area contributed by atoms with Crippen molar-refractivity contribution in [2.24, 2.45) is 0 Å². The Labute approximate surface area is 376 Å². The third kappa shape index (κ3) is 8.62. The molecule has 0 N–H and O–H groups in total. The van der Waals surface area contributed by atoms with Gasteiger partial charge in [0.15, 0.2) is 0 Å². The van der Waals surface area contributed by atoms with E-state index in [1.54, 1.807) is 22.3 Å². The van der Waals surface area contributed by atoms with Gasteiger partial charge in [-0.15, -0.1) is 24.8 Å². The van der Waals surface area contributed by atoms with Crippen LogP contribution in [0.2, 0.25) is 9.26 Å². The fourth-order valence-corrected chi connectivity index (χ4v) is 30.2. The van der Waals surface area contributed by atoms with Gasteiger partial charge in [-0.25, -0.2) is 0 Å². The van der Waals surface area contributed by atoms with Gasteiger partial charge in [-0.05, 0) is 0 Å². The van der Waals surface area contributed by atoms with Crippen LogP contribution in [0.15, 0.2) is 132 Å². The molecule has 0 saturated carbocycles. The van der Waals surface area contributed by atoms with Crippen LogP contribution in [0, 0.1) is 27.7 Å². The quantitative estimate of drug-likeness (QED) is 0.107. The molecule has 0 saturated heterocycles. The molecule has 0 heterocycles. The van der Waals surface area contributed by atoms with Gasteiger partial charge >= 0.3 is 355 Å². The van der Waals surface area contributed by atoms with E-state index in [2.05, 4.69) is 191 Å². The molecule has 0 nitrogen and oxygen atoms in total. The molecule has 2 aliphatic carbocycles. The number of hydrogen-bond acceptors (Lipinski definition) is 0. The molecule has 2 unspecified atom stereocenters. The molecule has 6 aromatic carbocycles. The number of unbranched alkanes of at least 4 members (excludes halogenated alkanes) is 2. The van der Waals surface area contributed by atoms with Gasteiger partial charge in [0.25, 0.3) is 0 Å². The Morgan fingerprint density at radius 3 is 0.967 bits per heavy atom. The SMILES string of the molecule is CCCCC1=Cc2c(-c3ccc(C)cc3)ccc(-c3ccc(C)cc3)c2[CH]1[Zr]([CH3])([CH3])(=[SiH2])[CH]1C(CCCC)=Cc2c(-c3ccc(C)cc3)ccc(-c3ccc(C)cc3)c21.Cl.Cl. The second-order valence-electron chi connectivity index (χ2n) is 18.9. The number of aryl methyl sites for hydroxylation is 4. The van der Waals surface area contributed by atoms with Crippen molar-refractivity contribution in [1.82, 2.24) is 0 Å². The third-order valence-corrected chi connectivity index (χ3v) is 30.9. The zero-order valence-corrected chi connectivity index (χ0v) is 42.6. The van der Waals surface area contributed by atoms with Crippen LogP contribution >= 0.6 is 24.8 Å². The molecule has 2 aliphatic rings. The van der Waals surface area contributed by atoms with Crippen molar-refractivity contribution in [3.8, 4) is 44.5 Å². The van der Waals surface area contributed by atoms with Crippen LogP contribution in [0.3, 0.4) is 0 Å². The average molecular weight is 927 g/mol. The largest absolute Gasteiger partial charge is 0.147 e. The van der Waals surface area contributed by atoms with E-state index in [4.69, 9.17) is 0 Å². The topological polar surface area (TPSA) is 0 Å². The molecule has 6 aromatic rings. The maximum Gasteiger partial charge on any atom is -0.147 e. The van der Waals surface area contributed by atoms with Crippen molar-refractivity contribution < 1.29 is 17.4 Å². The normalized spacial score (nSPS) is 15.7. The summed E-state index contributed by atoms with van der Waals surface area (Å²) in [5.41, 5.74) is 25.7. The number of hydrogen-bond donors (Lipinski definition) is 0. The maximum atomic E-state index is 2.87. The number of benzene rings is 6. The monoisotopic (exact) mass is 924 g/mol. The summed E-state index contributed by atoms with van der Waals surface area (Å²) in [6.45, 7) is 16.1. The number of halogens is 2. The van der Waals surface area contributed by atoms with Crippen LogP contribution in [0.4, 0.5) is 0 Å². The Hall–Kier alpha value is -3.52. The Balaban J connectivity index is 0.00000302. The van der Waals surface area contributed by atoms with E-state index in [9.17, 15) is 0 Å². The molecule has 0 amide bonds. The third-order valence-electron chi connectivity index (χ3n) is 13.5. The van der Waals surface area contributed by atoms with E-state index in [-0.39, 0.29) is 24.8 Å². The van der Waals surface area contributed by atoms with Crippen molar-refractivity contribution >= 4 is 43.8 Å². The predicted molar refractivity (Wildman–Crippen MR) is 269 cm³/mol. The molecule has 60 heavy (non-hydrogen) atoms. The molecule has 0 aliphatic heterocycles. The summed E-state index contributed by atoms with van der Waals surface area (Å²) in [6, 6.07) is 47.1. The van der Waals surface area contributed by atoms with Gasteiger partial charge in [0, 0.05) is 0 Å². The molecular formula is C56H64Cl2SiZr. The standard InChI is InChI=1S/2C27H27.2CH3.2ClH.H2Si.Zr/c2*1-4-5-6-21-17-26-24(22-11-7-19(2)8-12-22)15-16-25(27(26)18-21)23-13-9-20(3)10-14-23;;;;;;/h2*7-18H,4-6H2,1-3H3;2*1H3;2*1H;1H2;. The van der Waals surface area contributed by atoms with Crippen LogP contribution in [0.1, 0.15) is 104 Å². The van der Waals surface area contributed by atoms with E-state index in [1.165, 1.54) is 104 Å². The first-order valence-electron chi connectivity index (χ1n) is 22.0. The summed E-state index contributed by atoms with van der Waals surface area (Å²) >= 11 is -4.14. The second kappa shape index (κ2) is 18.4. The van der Waals surface area contributed by atoms with Crippen LogP contribution in [0.25, 0.3) is 56.7 Å². The summed E-state index contributed by atoms with van der Waals surface area (Å²) < 4.78 is 6.57. The summed E-state index contributed by atoms with van der Waals surface area (Å²) in [7, 11) is 0. The van der Waals surface area contributed by atoms with Crippen LogP contribution < -0.4 is 0 Å². The summed E-state index contributed by atoms with van der Waals surface area (Å²) in [6.07, 6.45) is 12.5. The van der Waals surface area contributed by atoms with Gasteiger partial charge in [0.2, 0.25) is 0 Å². The summed E-state index contributed by atoms with van der Waals surface area (Å²) in [5.74, 6) is 0. The zero-order valence-electron chi connectivity index (χ0n) is 37.1. The molecule has 0 fully saturated rings. The fraction of sp³-hybridized carbons (Fsp3) is 0.286. The summed E-state index contributed by atoms with van der Waals surface area (Å²) in [5, 5.41) is 0. The smallest absolute Gasteiger partial charge is 0.147 e. The first kappa shape index (κ1) is 46.0. The molecule has 8 rings (SSSR count). The molecule has 0 spiro atoms. The Morgan fingerprint density at radius 2 is 0.683 bits per heavy atom. The molecule has 0 bridgehead atoms. The number of allylic oxidation sites excluding steroid dienone is 2. The minimum atomic E-state index is -4.14. The number of rotatable bonds is 12. The van der Waals surface area contributed by atoms with E-state index < -0.39 is 17.4 Å². The van der Waals surface area contributed by atoms with Crippen molar-refractivity contribution in [3.63, 3.8) is 0 Å². The van der Waals surface area contributed by atoms with E-state index in [0.717, 1.165) is 12.8 Å². The first-order valence-corrected chi connectivity index (χ1v) is 35.6. The van der Waals surface area contributed by atoms with Crippen molar-refractivity contribution in [2.75, 3.05) is 0 Å². The molecule has 2 atom stereocenters. The van der Waals surface area contributed by atoms with Gasteiger partial charge < -0.3 is 0 Å². The minimum absolute atomic E-state index is 0. The van der Waals surface area contributed by atoms with Gasteiger partial charge in [0.1, 0.15) is 0 Å². The van der Waals surface area contributed by atoms with Crippen molar-refractivity contribution in [1.29, 1.82) is 0 Å². The Morgan fingerprint density at radius 1 is 0.417 bits per heavy atom. The summed E-state index contributed by atoms with van der Waals surface area (Å²) in [4.78, 5) is 0. The molecule has 0 radical (unpaired) electrons. The molecule has 310 valence electrons. The van der Waals surface area contributed by atoms with Crippen molar-refractivity contribution in [3.05, 3.63) is 177 Å². The molecule has 0 aromatic heterocycles. The predicted octanol–water partition coefficient (Wildman–Crippen LogP) is 16.7. The van der Waals surface area contributed by atoms with Gasteiger partial charge in [0.05, 0.1) is 0 Å². The minimum Gasteiger partial charge on any atom is -0.147 e.